The molecule has 2 fully saturated rings. The van der Waals surface area contributed by atoms with E-state index in [1.54, 1.807) is 4.90 Å². The van der Waals surface area contributed by atoms with Crippen LogP contribution in [0.15, 0.2) is 0 Å². The minimum atomic E-state index is -0.305. The molecule has 1 aliphatic carbocycles. The number of nitrogens with zero attached hydrogens (tertiary/aromatic N) is 2. The molecule has 0 aromatic carbocycles. The Labute approximate surface area is 110 Å². The van der Waals surface area contributed by atoms with E-state index in [-0.39, 0.29) is 18.6 Å². The van der Waals surface area contributed by atoms with Crippen molar-refractivity contribution >= 4 is 5.91 Å². The lowest BCUT2D eigenvalue weighted by atomic mass is 10.0. The molecule has 0 spiro atoms. The lowest BCUT2D eigenvalue weighted by Crippen LogP contribution is -2.51. The average molecular weight is 254 g/mol. The van der Waals surface area contributed by atoms with Gasteiger partial charge in [-0.2, -0.15) is 0 Å². The predicted molar refractivity (Wildman–Crippen MR) is 71.3 cm³/mol. The van der Waals surface area contributed by atoms with Gasteiger partial charge >= 0.3 is 0 Å². The first-order chi connectivity index (χ1) is 8.74. The third-order valence-electron chi connectivity index (χ3n) is 4.44. The van der Waals surface area contributed by atoms with Gasteiger partial charge in [-0.3, -0.25) is 9.69 Å². The fourth-order valence-electron chi connectivity index (χ4n) is 3.36. The number of carbonyl (C=O) groups excluding carboxylic acids is 1. The number of carbonyl (C=O) groups is 1. The summed E-state index contributed by atoms with van der Waals surface area (Å²) >= 11 is 0. The molecule has 4 heteroatoms. The Morgan fingerprint density at radius 2 is 1.78 bits per heavy atom. The third kappa shape index (κ3) is 3.04. The molecule has 0 bridgehead atoms. The van der Waals surface area contributed by atoms with Crippen molar-refractivity contribution in [1.29, 1.82) is 0 Å². The molecule has 1 amide bonds. The molecule has 1 heterocycles. The van der Waals surface area contributed by atoms with Crippen LogP contribution in [0.4, 0.5) is 0 Å². The van der Waals surface area contributed by atoms with Gasteiger partial charge in [-0.05, 0) is 19.3 Å². The summed E-state index contributed by atoms with van der Waals surface area (Å²) in [6.45, 7) is 1.73. The first-order valence-electron chi connectivity index (χ1n) is 7.35. The predicted octanol–water partition coefficient (Wildman–Crippen LogP) is 1.23. The molecule has 1 N–H and O–H groups in total. The molecule has 0 aromatic heterocycles. The van der Waals surface area contributed by atoms with Crippen LogP contribution in [0.3, 0.4) is 0 Å². The maximum Gasteiger partial charge on any atom is 0.242 e. The van der Waals surface area contributed by atoms with Gasteiger partial charge in [0.15, 0.2) is 0 Å². The highest BCUT2D eigenvalue weighted by Gasteiger charge is 2.34. The van der Waals surface area contributed by atoms with Crippen LogP contribution in [0.1, 0.15) is 44.9 Å². The van der Waals surface area contributed by atoms with Crippen LogP contribution in [0, 0.1) is 0 Å². The quantitative estimate of drug-likeness (QED) is 0.754. The van der Waals surface area contributed by atoms with Gasteiger partial charge in [-0.15, -0.1) is 0 Å². The fourth-order valence-corrected chi connectivity index (χ4v) is 3.36. The van der Waals surface area contributed by atoms with Crippen molar-refractivity contribution in [2.75, 3.05) is 26.7 Å². The fraction of sp³-hybridized carbons (Fsp3) is 0.929. The zero-order valence-corrected chi connectivity index (χ0v) is 11.5. The number of aliphatic hydroxyl groups is 1. The van der Waals surface area contributed by atoms with E-state index in [0.717, 1.165) is 19.5 Å². The summed E-state index contributed by atoms with van der Waals surface area (Å²) in [5.41, 5.74) is 0. The Morgan fingerprint density at radius 1 is 1.11 bits per heavy atom. The molecule has 2 aliphatic rings. The van der Waals surface area contributed by atoms with Crippen LogP contribution in [0.2, 0.25) is 0 Å². The standard InChI is InChI=1S/C14H26N2O2/c1-15-9-6-10-16(13(11-17)14(15)18)12-7-4-2-3-5-8-12/h12-13,17H,2-11H2,1H3. The summed E-state index contributed by atoms with van der Waals surface area (Å²) in [7, 11) is 1.85. The van der Waals surface area contributed by atoms with E-state index in [2.05, 4.69) is 4.90 Å². The van der Waals surface area contributed by atoms with Crippen molar-refractivity contribution in [2.45, 2.75) is 57.0 Å². The van der Waals surface area contributed by atoms with Crippen molar-refractivity contribution in [1.82, 2.24) is 9.80 Å². The summed E-state index contributed by atoms with van der Waals surface area (Å²) in [6, 6.07) is 0.195. The molecular weight excluding hydrogens is 228 g/mol. The second-order valence-corrected chi connectivity index (χ2v) is 5.69. The smallest absolute Gasteiger partial charge is 0.242 e. The minimum absolute atomic E-state index is 0.0420. The van der Waals surface area contributed by atoms with Gasteiger partial charge in [0.05, 0.1) is 6.61 Å². The largest absolute Gasteiger partial charge is 0.394 e. The van der Waals surface area contributed by atoms with Crippen molar-refractivity contribution in [2.24, 2.45) is 0 Å². The Hall–Kier alpha value is -0.610. The second kappa shape index (κ2) is 6.53. The first-order valence-corrected chi connectivity index (χ1v) is 7.35. The highest BCUT2D eigenvalue weighted by atomic mass is 16.3. The molecule has 18 heavy (non-hydrogen) atoms. The van der Waals surface area contributed by atoms with E-state index < -0.39 is 0 Å². The topological polar surface area (TPSA) is 43.8 Å². The zero-order valence-electron chi connectivity index (χ0n) is 11.5. The van der Waals surface area contributed by atoms with Crippen LogP contribution >= 0.6 is 0 Å². The van der Waals surface area contributed by atoms with Crippen LogP contribution in [-0.4, -0.2) is 59.6 Å². The van der Waals surface area contributed by atoms with Gasteiger partial charge in [-0.1, -0.05) is 25.7 Å². The summed E-state index contributed by atoms with van der Waals surface area (Å²) in [5, 5.41) is 9.59. The van der Waals surface area contributed by atoms with Crippen molar-refractivity contribution in [3.63, 3.8) is 0 Å². The lowest BCUT2D eigenvalue weighted by molar-refractivity contribution is -0.136. The van der Waals surface area contributed by atoms with Crippen molar-refractivity contribution < 1.29 is 9.90 Å². The lowest BCUT2D eigenvalue weighted by Gasteiger charge is -2.35. The van der Waals surface area contributed by atoms with Gasteiger partial charge in [0.2, 0.25) is 5.91 Å². The van der Waals surface area contributed by atoms with Gasteiger partial charge in [0.25, 0.3) is 0 Å². The molecule has 0 aromatic rings. The summed E-state index contributed by atoms with van der Waals surface area (Å²) in [6.07, 6.45) is 8.58. The Bertz CT molecular complexity index is 275. The normalized spacial score (nSPS) is 29.1. The number of hydrogen-bond acceptors (Lipinski definition) is 3. The minimum Gasteiger partial charge on any atom is -0.394 e. The number of likely N-dealkylation sites (N-methyl/N-ethyl adjacent to an activating group) is 1. The van der Waals surface area contributed by atoms with E-state index in [9.17, 15) is 9.90 Å². The zero-order chi connectivity index (χ0) is 13.0. The van der Waals surface area contributed by atoms with Gasteiger partial charge < -0.3 is 10.0 Å². The molecule has 1 saturated heterocycles. The van der Waals surface area contributed by atoms with Gasteiger partial charge in [0, 0.05) is 26.2 Å². The third-order valence-corrected chi connectivity index (χ3v) is 4.44. The maximum absolute atomic E-state index is 12.2. The molecule has 4 nitrogen and oxygen atoms in total. The van der Waals surface area contributed by atoms with E-state index in [4.69, 9.17) is 0 Å². The number of rotatable bonds is 2. The first kappa shape index (κ1) is 13.8. The molecule has 1 unspecified atom stereocenters. The van der Waals surface area contributed by atoms with Gasteiger partial charge in [-0.25, -0.2) is 0 Å². The van der Waals surface area contributed by atoms with E-state index in [1.165, 1.54) is 38.5 Å². The number of aliphatic hydroxyl groups excluding tert-OH is 1. The highest BCUT2D eigenvalue weighted by molar-refractivity contribution is 5.82. The number of hydrogen-bond donors (Lipinski definition) is 1. The average Bonchev–Trinajstić information content (AvgIpc) is 2.71. The molecule has 104 valence electrons. The van der Waals surface area contributed by atoms with Crippen molar-refractivity contribution in [3.8, 4) is 0 Å². The van der Waals surface area contributed by atoms with E-state index in [0.29, 0.717) is 6.04 Å². The van der Waals surface area contributed by atoms with Crippen LogP contribution in [0.25, 0.3) is 0 Å². The Morgan fingerprint density at radius 3 is 2.39 bits per heavy atom. The SMILES string of the molecule is CN1CCCN(C2CCCCCC2)C(CO)C1=O. The van der Waals surface area contributed by atoms with Gasteiger partial charge in [0.1, 0.15) is 6.04 Å². The Balaban J connectivity index is 2.09. The summed E-state index contributed by atoms with van der Waals surface area (Å²) in [5.74, 6) is 0.0965. The molecule has 1 aliphatic heterocycles. The van der Waals surface area contributed by atoms with Crippen LogP contribution in [-0.2, 0) is 4.79 Å². The second-order valence-electron chi connectivity index (χ2n) is 5.69. The monoisotopic (exact) mass is 254 g/mol. The van der Waals surface area contributed by atoms with E-state index in [1.807, 2.05) is 7.05 Å². The summed E-state index contributed by atoms with van der Waals surface area (Å²) < 4.78 is 0. The molecule has 0 radical (unpaired) electrons. The molecule has 1 atom stereocenters. The maximum atomic E-state index is 12.2. The molecular formula is C14H26N2O2. The van der Waals surface area contributed by atoms with E-state index >= 15 is 0 Å². The van der Waals surface area contributed by atoms with Crippen molar-refractivity contribution in [3.05, 3.63) is 0 Å². The van der Waals surface area contributed by atoms with Crippen LogP contribution < -0.4 is 0 Å². The summed E-state index contributed by atoms with van der Waals surface area (Å²) in [4.78, 5) is 16.3. The molecule has 1 saturated carbocycles. The molecule has 2 rings (SSSR count). The Kier molecular flexibility index (Phi) is 5.01. The number of amides is 1. The van der Waals surface area contributed by atoms with Crippen LogP contribution in [0.5, 0.6) is 0 Å². The highest BCUT2D eigenvalue weighted by Crippen LogP contribution is 2.25.